The zero-order valence-corrected chi connectivity index (χ0v) is 8.15. The van der Waals surface area contributed by atoms with Gasteiger partial charge in [0.2, 0.25) is 11.8 Å². The van der Waals surface area contributed by atoms with Gasteiger partial charge in [-0.3, -0.25) is 14.5 Å². The van der Waals surface area contributed by atoms with E-state index in [1.54, 1.807) is 20.8 Å². The molecule has 4 heteroatoms. The molecule has 0 radical (unpaired) electrons. The summed E-state index contributed by atoms with van der Waals surface area (Å²) in [6, 6.07) is -0.396. The van der Waals surface area contributed by atoms with Gasteiger partial charge < -0.3 is 5.11 Å². The molecule has 1 rings (SSSR count). The van der Waals surface area contributed by atoms with Crippen molar-refractivity contribution in [2.45, 2.75) is 26.8 Å². The maximum absolute atomic E-state index is 11.5. The lowest BCUT2D eigenvalue weighted by molar-refractivity contribution is -0.143. The minimum absolute atomic E-state index is 0.168. The highest BCUT2D eigenvalue weighted by molar-refractivity contribution is 6.05. The number of hydrogen-bond donors (Lipinski definition) is 1. The van der Waals surface area contributed by atoms with Crippen LogP contribution in [0.4, 0.5) is 0 Å². The smallest absolute Gasteiger partial charge is 0.233 e. The Balaban J connectivity index is 2.87. The van der Waals surface area contributed by atoms with Crippen LogP contribution in [0.5, 0.6) is 0 Å². The maximum Gasteiger partial charge on any atom is 0.233 e. The van der Waals surface area contributed by atoms with Crippen LogP contribution in [0, 0.1) is 11.8 Å². The lowest BCUT2D eigenvalue weighted by Crippen LogP contribution is -2.40. The first-order valence-corrected chi connectivity index (χ1v) is 4.48. The molecular formula is C9H15NO3. The molecule has 0 spiro atoms. The molecule has 0 bridgehead atoms. The van der Waals surface area contributed by atoms with E-state index in [0.717, 1.165) is 0 Å². The number of hydrogen-bond acceptors (Lipinski definition) is 3. The first-order chi connectivity index (χ1) is 6.00. The van der Waals surface area contributed by atoms with Crippen molar-refractivity contribution in [2.24, 2.45) is 11.8 Å². The quantitative estimate of drug-likeness (QED) is 0.616. The summed E-state index contributed by atoms with van der Waals surface area (Å²) in [5, 5.41) is 8.86. The monoisotopic (exact) mass is 185 g/mol. The van der Waals surface area contributed by atoms with Crippen LogP contribution in [0.25, 0.3) is 0 Å². The molecule has 1 heterocycles. The van der Waals surface area contributed by atoms with Crippen LogP contribution >= 0.6 is 0 Å². The Bertz CT molecular complexity index is 219. The summed E-state index contributed by atoms with van der Waals surface area (Å²) in [4.78, 5) is 24.2. The van der Waals surface area contributed by atoms with E-state index in [1.807, 2.05) is 0 Å². The number of aliphatic hydroxyl groups is 1. The Morgan fingerprint density at radius 2 is 1.69 bits per heavy atom. The Hall–Kier alpha value is -0.900. The van der Waals surface area contributed by atoms with Crippen molar-refractivity contribution >= 4 is 11.8 Å². The molecule has 1 saturated heterocycles. The van der Waals surface area contributed by atoms with Crippen LogP contribution in [0.15, 0.2) is 0 Å². The number of amides is 2. The Labute approximate surface area is 77.5 Å². The third kappa shape index (κ3) is 1.46. The lowest BCUT2D eigenvalue weighted by atomic mass is 10.00. The van der Waals surface area contributed by atoms with Crippen LogP contribution in [0.3, 0.4) is 0 Å². The second-order valence-electron chi connectivity index (χ2n) is 3.66. The van der Waals surface area contributed by atoms with Crippen molar-refractivity contribution in [1.82, 2.24) is 4.90 Å². The molecule has 3 unspecified atom stereocenters. The molecular weight excluding hydrogens is 170 g/mol. The average molecular weight is 185 g/mol. The zero-order valence-electron chi connectivity index (χ0n) is 8.15. The molecule has 1 fully saturated rings. The molecule has 2 amide bonds. The molecule has 0 saturated carbocycles. The second-order valence-corrected chi connectivity index (χ2v) is 3.66. The molecule has 13 heavy (non-hydrogen) atoms. The second kappa shape index (κ2) is 3.46. The third-order valence-electron chi connectivity index (χ3n) is 2.71. The normalized spacial score (nSPS) is 31.2. The maximum atomic E-state index is 11.5. The van der Waals surface area contributed by atoms with Gasteiger partial charge in [-0.1, -0.05) is 13.8 Å². The van der Waals surface area contributed by atoms with E-state index < -0.39 is 6.04 Å². The van der Waals surface area contributed by atoms with E-state index in [4.69, 9.17) is 5.11 Å². The fourth-order valence-corrected chi connectivity index (χ4v) is 1.49. The van der Waals surface area contributed by atoms with Crippen LogP contribution in [-0.4, -0.2) is 34.5 Å². The van der Waals surface area contributed by atoms with Crippen LogP contribution in [0.2, 0.25) is 0 Å². The minimum Gasteiger partial charge on any atom is -0.394 e. The van der Waals surface area contributed by atoms with Crippen molar-refractivity contribution in [3.8, 4) is 0 Å². The molecule has 74 valence electrons. The summed E-state index contributed by atoms with van der Waals surface area (Å²) in [5.41, 5.74) is 0. The molecule has 3 atom stereocenters. The average Bonchev–Trinajstić information content (AvgIpc) is 2.30. The Morgan fingerprint density at radius 3 is 2.00 bits per heavy atom. The van der Waals surface area contributed by atoms with Crippen LogP contribution < -0.4 is 0 Å². The molecule has 1 aliphatic rings. The molecule has 4 nitrogen and oxygen atoms in total. The number of imide groups is 1. The number of nitrogens with zero attached hydrogens (tertiary/aromatic N) is 1. The fourth-order valence-electron chi connectivity index (χ4n) is 1.49. The predicted octanol–water partition coefficient (Wildman–Crippen LogP) is 0.00820. The van der Waals surface area contributed by atoms with E-state index in [9.17, 15) is 9.59 Å². The van der Waals surface area contributed by atoms with E-state index >= 15 is 0 Å². The largest absolute Gasteiger partial charge is 0.394 e. The van der Waals surface area contributed by atoms with Gasteiger partial charge in [-0.15, -0.1) is 0 Å². The Morgan fingerprint density at radius 1 is 1.31 bits per heavy atom. The summed E-state index contributed by atoms with van der Waals surface area (Å²) in [6.07, 6.45) is 0. The highest BCUT2D eigenvalue weighted by Gasteiger charge is 2.43. The summed E-state index contributed by atoms with van der Waals surface area (Å²) in [5.74, 6) is -0.832. The van der Waals surface area contributed by atoms with Gasteiger partial charge in [-0.2, -0.15) is 0 Å². The van der Waals surface area contributed by atoms with Crippen LogP contribution in [-0.2, 0) is 9.59 Å². The highest BCUT2D eigenvalue weighted by atomic mass is 16.3. The SMILES string of the molecule is CC1C(=O)N(C(C)CO)C(=O)C1C. The van der Waals surface area contributed by atoms with Gasteiger partial charge in [0, 0.05) is 11.8 Å². The van der Waals surface area contributed by atoms with Gasteiger partial charge in [0.15, 0.2) is 0 Å². The zero-order chi connectivity index (χ0) is 10.2. The van der Waals surface area contributed by atoms with Crippen molar-refractivity contribution in [1.29, 1.82) is 0 Å². The molecule has 0 aliphatic carbocycles. The van der Waals surface area contributed by atoms with Gasteiger partial charge in [0.05, 0.1) is 12.6 Å². The number of carbonyl (C=O) groups is 2. The van der Waals surface area contributed by atoms with E-state index in [0.29, 0.717) is 0 Å². The molecule has 0 aromatic rings. The fraction of sp³-hybridized carbons (Fsp3) is 0.778. The number of rotatable bonds is 2. The summed E-state index contributed by atoms with van der Waals surface area (Å²) in [6.45, 7) is 4.99. The van der Waals surface area contributed by atoms with Gasteiger partial charge in [0.1, 0.15) is 0 Å². The summed E-state index contributed by atoms with van der Waals surface area (Å²) < 4.78 is 0. The minimum atomic E-state index is -0.396. The standard InChI is InChI=1S/C9H15NO3/c1-5(4-11)10-8(12)6(2)7(3)9(10)13/h5-7,11H,4H2,1-3H3. The van der Waals surface area contributed by atoms with E-state index in [1.165, 1.54) is 4.90 Å². The first kappa shape index (κ1) is 10.2. The molecule has 1 aliphatic heterocycles. The van der Waals surface area contributed by atoms with Crippen molar-refractivity contribution in [3.63, 3.8) is 0 Å². The summed E-state index contributed by atoms with van der Waals surface area (Å²) >= 11 is 0. The molecule has 0 aromatic carbocycles. The van der Waals surface area contributed by atoms with E-state index in [-0.39, 0.29) is 30.3 Å². The summed E-state index contributed by atoms with van der Waals surface area (Å²) in [7, 11) is 0. The van der Waals surface area contributed by atoms with E-state index in [2.05, 4.69) is 0 Å². The molecule has 0 aromatic heterocycles. The number of aliphatic hydroxyl groups excluding tert-OH is 1. The Kier molecular flexibility index (Phi) is 2.71. The number of carbonyl (C=O) groups excluding carboxylic acids is 2. The predicted molar refractivity (Wildman–Crippen MR) is 46.7 cm³/mol. The highest BCUT2D eigenvalue weighted by Crippen LogP contribution is 2.26. The van der Waals surface area contributed by atoms with Crippen molar-refractivity contribution in [3.05, 3.63) is 0 Å². The van der Waals surface area contributed by atoms with Gasteiger partial charge in [-0.05, 0) is 6.92 Å². The van der Waals surface area contributed by atoms with Gasteiger partial charge in [-0.25, -0.2) is 0 Å². The molecule has 1 N–H and O–H groups in total. The van der Waals surface area contributed by atoms with Crippen molar-refractivity contribution < 1.29 is 14.7 Å². The van der Waals surface area contributed by atoms with Crippen molar-refractivity contribution in [2.75, 3.05) is 6.61 Å². The number of likely N-dealkylation sites (tertiary alicyclic amines) is 1. The third-order valence-corrected chi connectivity index (χ3v) is 2.71. The van der Waals surface area contributed by atoms with Crippen LogP contribution in [0.1, 0.15) is 20.8 Å². The lowest BCUT2D eigenvalue weighted by Gasteiger charge is -2.20. The van der Waals surface area contributed by atoms with Gasteiger partial charge >= 0.3 is 0 Å². The first-order valence-electron chi connectivity index (χ1n) is 4.48. The topological polar surface area (TPSA) is 57.6 Å². The van der Waals surface area contributed by atoms with Gasteiger partial charge in [0.25, 0.3) is 0 Å².